The smallest absolute Gasteiger partial charge is 0.410 e. The van der Waals surface area contributed by atoms with E-state index in [4.69, 9.17) is 24.7 Å². The number of ether oxygens (including phenoxy) is 4. The van der Waals surface area contributed by atoms with Crippen LogP contribution in [0, 0.1) is 102 Å². The zero-order valence-corrected chi connectivity index (χ0v) is 103. The minimum absolute atomic E-state index is 0.0195. The van der Waals surface area contributed by atoms with Gasteiger partial charge in [0, 0.05) is 104 Å². The molecule has 19 heteroatoms. The number of nitrogens with one attached hydrogen (secondary N) is 3. The monoisotopic (exact) mass is 2040 g/mol. The molecule has 8 aliphatic carbocycles. The molecule has 0 aromatic heterocycles. The molecule has 8 aliphatic rings. The van der Waals surface area contributed by atoms with Gasteiger partial charge in [0.25, 0.3) is 0 Å². The van der Waals surface area contributed by atoms with E-state index in [0.29, 0.717) is 110 Å². The topological polar surface area (TPSA) is 231 Å². The van der Waals surface area contributed by atoms with Crippen LogP contribution in [0.4, 0.5) is 19.2 Å². The first-order valence-corrected chi connectivity index (χ1v) is 58.6. The Balaban J connectivity index is 0.000000563. The van der Waals surface area contributed by atoms with Gasteiger partial charge in [-0.3, -0.25) is 14.4 Å². The number of urea groups is 2. The molecule has 1 aromatic carbocycles. The largest absolute Gasteiger partial charge is 0.497 e. The molecular weight excluding hydrogens is 1800 g/mol. The summed E-state index contributed by atoms with van der Waals surface area (Å²) in [6.45, 7) is 77.1. The number of carbonyl (C=O) groups is 7. The highest BCUT2D eigenvalue weighted by molar-refractivity contribution is 5.78. The molecule has 7 amide bonds. The van der Waals surface area contributed by atoms with Crippen molar-refractivity contribution in [1.29, 1.82) is 0 Å². The molecule has 8 fully saturated rings. The number of hydrogen-bond donors (Lipinski definition) is 4. The Labute approximate surface area is 895 Å². The number of Topliss-reactive ketones (excluding diaryl/α,β-unsaturated/α-hetero) is 1. The maximum Gasteiger partial charge on any atom is 0.410 e. The lowest BCUT2D eigenvalue weighted by Crippen LogP contribution is -2.45. The Bertz CT molecular complexity index is 3680. The number of rotatable bonds is 22. The van der Waals surface area contributed by atoms with E-state index in [-0.39, 0.29) is 41.7 Å². The summed E-state index contributed by atoms with van der Waals surface area (Å²) in [6.07, 6.45) is 52.7. The van der Waals surface area contributed by atoms with Gasteiger partial charge in [0.15, 0.2) is 0 Å². The lowest BCUT2D eigenvalue weighted by Gasteiger charge is -2.38. The molecule has 0 radical (unpaired) electrons. The number of nitrogens with zero attached hydrogens (tertiary/aromatic N) is 4. The number of ketones is 1. The first-order valence-electron chi connectivity index (χ1n) is 58.6. The summed E-state index contributed by atoms with van der Waals surface area (Å²) in [5, 5.41) is 9.09. The standard InChI is InChI=1S/C20H32N2O2.2C17H33NO2.C17H32O2.C16H30O.C15H30N2O.C13H25NO.C11H23N/c1-20(2,3)13-15-5-9-17(10-6-15)22-19(23)21-14-16-7-11-18(24-4)12-8-16;2*1-16(2,3)12-13-9-8-10-14(11-13)18(7)15(19)20-17(4,5)6;1-16(2,3)12-14-9-7-8-13(10-14)11-15(18)19-17(4,5)6;1-5-7-15(17)11-13-8-6-9-14(10-13)12-16(2,3)4;1-15(2,3)11-12-8-7-9-13(10-12)17(6)14(18)16(4)5;1-10(15)14-12-7-5-11(6-8-12)9-13(2,3)4;1-11(2,3)8-9-5-4-6-10(12)7-9/h7-8,11-12,15,17H,5-6,9-10,13-14H2,1-4H3,(H2,21,22,23);2*13-14H,8-12H2,1-7H3;13-14H,7-12H2,1-6H3;13-14H,5-12H2,1-4H3;12-13H,7-11H2,1-6H3;11-12H,5-9H2,1-4H3,(H,14,15);9-10H,4-8,12H2,1-3H3/t;13-,14-;;2*13-,14-;;;9-,10-/m.1.01..0/s1. The van der Waals surface area contributed by atoms with Crippen LogP contribution < -0.4 is 26.4 Å². The molecule has 19 nitrogen and oxygen atoms in total. The third-order valence-corrected chi connectivity index (χ3v) is 29.7. The van der Waals surface area contributed by atoms with Crippen molar-refractivity contribution in [3.05, 3.63) is 29.8 Å². The van der Waals surface area contributed by atoms with Crippen LogP contribution in [-0.4, -0.2) is 157 Å². The number of benzene rings is 1. The average Bonchev–Trinajstić information content (AvgIpc) is 0.867. The van der Waals surface area contributed by atoms with Gasteiger partial charge in [-0.25, -0.2) is 19.2 Å². The van der Waals surface area contributed by atoms with Crippen LogP contribution >= 0.6 is 0 Å². The fraction of sp³-hybridized carbons (Fsp3) is 0.897. The molecule has 0 heterocycles. The molecule has 12 atom stereocenters. The average molecular weight is 2040 g/mol. The van der Waals surface area contributed by atoms with Gasteiger partial charge >= 0.3 is 30.2 Å². The van der Waals surface area contributed by atoms with Gasteiger partial charge in [-0.05, 0) is 362 Å². The summed E-state index contributed by atoms with van der Waals surface area (Å²) >= 11 is 0. The highest BCUT2D eigenvalue weighted by Gasteiger charge is 2.39. The van der Waals surface area contributed by atoms with Crippen molar-refractivity contribution in [2.45, 2.75) is 584 Å². The molecule has 0 spiro atoms. The summed E-state index contributed by atoms with van der Waals surface area (Å²) in [4.78, 5) is 90.1. The SMILES string of the molecule is CC(=O)NC1CCC(CC(C)(C)C)CC1.CC(C)(C)C[C@H]1CCC[C@H](CC(=O)OC(C)(C)C)C1.CC(C)(C)C[C@H]1CCC[C@H](N)C1.CCCC(=O)C[C@@H]1CCC[C@@H](CC(C)(C)C)C1.CN(C(=O)OC(C)(C)C)C1CCCC(CC(C)(C)C)C1.CN(C(=O)OC(C)(C)C)[C@@H]1CCC[C@@H](CC(C)(C)C)C1.CN(C)C(=O)N(C)C1CCCC(CC(C)(C)C)C1.COc1ccc(CNC(=O)NC2CCC(CC(C)(C)C)CC2)cc1. The lowest BCUT2D eigenvalue weighted by atomic mass is 9.73. The zero-order valence-electron chi connectivity index (χ0n) is 103. The predicted octanol–water partition coefficient (Wildman–Crippen LogP) is 33.8. The molecule has 1 aromatic rings. The number of nitrogens with two attached hydrogens (primary N) is 1. The summed E-state index contributed by atoms with van der Waals surface area (Å²) in [5.41, 5.74) is 9.17. The minimum Gasteiger partial charge on any atom is -0.497 e. The molecule has 0 saturated heterocycles. The van der Waals surface area contributed by atoms with Crippen molar-refractivity contribution in [1.82, 2.24) is 35.6 Å². The van der Waals surface area contributed by atoms with Gasteiger partial charge in [0.2, 0.25) is 5.91 Å². The van der Waals surface area contributed by atoms with Gasteiger partial charge < -0.3 is 60.2 Å². The third-order valence-electron chi connectivity index (χ3n) is 29.7. The number of carbonyl (C=O) groups excluding carboxylic acids is 7. The van der Waals surface area contributed by atoms with Crippen molar-refractivity contribution in [2.75, 3.05) is 42.3 Å². The Morgan fingerprint density at radius 2 is 0.628 bits per heavy atom. The number of methoxy groups -OCH3 is 1. The Hall–Kier alpha value is -5.33. The van der Waals surface area contributed by atoms with E-state index < -0.39 is 11.2 Å². The van der Waals surface area contributed by atoms with Gasteiger partial charge in [-0.1, -0.05) is 269 Å². The van der Waals surface area contributed by atoms with Crippen molar-refractivity contribution in [3.63, 3.8) is 0 Å². The molecule has 8 saturated carbocycles. The van der Waals surface area contributed by atoms with Crippen LogP contribution in [0.1, 0.15) is 530 Å². The second kappa shape index (κ2) is 63.4. The van der Waals surface area contributed by atoms with E-state index in [0.717, 1.165) is 123 Å². The Kier molecular flexibility index (Phi) is 59.3. The summed E-state index contributed by atoms with van der Waals surface area (Å²) < 4.78 is 21.5. The highest BCUT2D eigenvalue weighted by Crippen LogP contribution is 2.45. The quantitative estimate of drug-likeness (QED) is 0.0627. The van der Waals surface area contributed by atoms with E-state index in [2.05, 4.69) is 189 Å². The summed E-state index contributed by atoms with van der Waals surface area (Å²) in [6, 6.07) is 10.2. The van der Waals surface area contributed by atoms with Crippen molar-refractivity contribution in [3.8, 4) is 5.75 Å². The van der Waals surface area contributed by atoms with Gasteiger partial charge in [0.05, 0.1) is 7.11 Å². The molecule has 0 aliphatic heterocycles. The Morgan fingerprint density at radius 1 is 0.338 bits per heavy atom. The van der Waals surface area contributed by atoms with Gasteiger partial charge in [-0.2, -0.15) is 0 Å². The molecule has 145 heavy (non-hydrogen) atoms. The van der Waals surface area contributed by atoms with Crippen molar-refractivity contribution in [2.24, 2.45) is 108 Å². The zero-order chi connectivity index (χ0) is 111. The van der Waals surface area contributed by atoms with Crippen molar-refractivity contribution >= 4 is 41.9 Å². The van der Waals surface area contributed by atoms with E-state index in [1.807, 2.05) is 137 Å². The van der Waals surface area contributed by atoms with E-state index in [9.17, 15) is 33.6 Å². The van der Waals surface area contributed by atoms with Gasteiger partial charge in [-0.15, -0.1) is 0 Å². The van der Waals surface area contributed by atoms with Crippen LogP contribution in [0.15, 0.2) is 24.3 Å². The molecule has 5 N–H and O–H groups in total. The molecule has 848 valence electrons. The number of esters is 1. The maximum atomic E-state index is 12.2. The van der Waals surface area contributed by atoms with Crippen LogP contribution in [0.5, 0.6) is 5.75 Å². The van der Waals surface area contributed by atoms with Crippen LogP contribution in [0.2, 0.25) is 0 Å². The first-order chi connectivity index (χ1) is 66.3. The lowest BCUT2D eigenvalue weighted by molar-refractivity contribution is -0.156. The number of amides is 7. The van der Waals surface area contributed by atoms with Crippen LogP contribution in [0.25, 0.3) is 0 Å². The van der Waals surface area contributed by atoms with Crippen LogP contribution in [0.3, 0.4) is 0 Å². The van der Waals surface area contributed by atoms with Crippen LogP contribution in [-0.2, 0) is 35.1 Å². The highest BCUT2D eigenvalue weighted by atomic mass is 16.6. The second-order valence-electron chi connectivity index (χ2n) is 59.8. The summed E-state index contributed by atoms with van der Waals surface area (Å²) in [7, 11) is 11.0. The Morgan fingerprint density at radius 3 is 0.931 bits per heavy atom. The van der Waals surface area contributed by atoms with E-state index in [1.165, 1.54) is 212 Å². The fourth-order valence-electron chi connectivity index (χ4n) is 24.6. The minimum atomic E-state index is -0.412. The predicted molar refractivity (Wildman–Crippen MR) is 614 cm³/mol. The first kappa shape index (κ1) is 136. The van der Waals surface area contributed by atoms with E-state index >= 15 is 0 Å². The second-order valence-corrected chi connectivity index (χ2v) is 59.8. The summed E-state index contributed by atoms with van der Waals surface area (Å²) in [5.74, 6) is 9.13. The van der Waals surface area contributed by atoms with E-state index in [1.54, 1.807) is 18.9 Å². The van der Waals surface area contributed by atoms with Crippen molar-refractivity contribution < 1.29 is 52.5 Å². The number of hydrogen-bond acceptors (Lipinski definition) is 12. The van der Waals surface area contributed by atoms with Gasteiger partial charge in [0.1, 0.15) is 28.3 Å². The molecule has 0 bridgehead atoms. The third kappa shape index (κ3) is 69.1. The fourth-order valence-corrected chi connectivity index (χ4v) is 24.6. The molecular formula is C126H238N8O11. The molecule has 9 rings (SSSR count). The molecule has 4 unspecified atom stereocenters. The maximum absolute atomic E-state index is 12.2. The normalized spacial score (nSPS) is 25.1.